The highest BCUT2D eigenvalue weighted by atomic mass is 16.5. The molecule has 1 aromatic heterocycles. The molecule has 1 aromatic carbocycles. The van der Waals surface area contributed by atoms with Crippen LogP contribution in [0.4, 0.5) is 5.82 Å². The number of benzene rings is 1. The van der Waals surface area contributed by atoms with Crippen LogP contribution in [0.15, 0.2) is 36.4 Å². The quantitative estimate of drug-likeness (QED) is 0.857. The van der Waals surface area contributed by atoms with E-state index < -0.39 is 6.10 Å². The number of nitrogens with two attached hydrogens (primary N) is 1. The van der Waals surface area contributed by atoms with Gasteiger partial charge < -0.3 is 20.5 Å². The van der Waals surface area contributed by atoms with E-state index in [0.29, 0.717) is 18.1 Å². The maximum Gasteiger partial charge on any atom is 0.129 e. The molecule has 0 radical (unpaired) electrons. The number of anilines is 1. The number of rotatable bonds is 6. The van der Waals surface area contributed by atoms with Crippen molar-refractivity contribution >= 4 is 5.82 Å². The molecule has 0 bridgehead atoms. The number of nitrogen functional groups attached to an aromatic ring is 1. The van der Waals surface area contributed by atoms with Gasteiger partial charge in [0, 0.05) is 12.1 Å². The van der Waals surface area contributed by atoms with Gasteiger partial charge in [-0.25, -0.2) is 4.98 Å². The molecule has 5 nitrogen and oxygen atoms in total. The van der Waals surface area contributed by atoms with Crippen LogP contribution in [0, 0.1) is 0 Å². The Morgan fingerprint density at radius 2 is 1.96 bits per heavy atom. The van der Waals surface area contributed by atoms with Gasteiger partial charge in [0.05, 0.1) is 17.9 Å². The molecule has 0 aliphatic heterocycles. The van der Waals surface area contributed by atoms with Gasteiger partial charge in [0.15, 0.2) is 0 Å². The number of pyridine rings is 1. The number of aliphatic hydroxyl groups is 1. The van der Waals surface area contributed by atoms with Gasteiger partial charge in [-0.1, -0.05) is 12.1 Å². The van der Waals surface area contributed by atoms with Crippen LogP contribution in [-0.2, 0) is 0 Å². The third kappa shape index (κ3) is 4.68. The SMILES string of the molecule is CC(C)Oc1cc(C(O)CN(C)C)ccc1-c1cccc(N)n1. The topological polar surface area (TPSA) is 71.6 Å². The van der Waals surface area contributed by atoms with Crippen molar-refractivity contribution in [3.63, 3.8) is 0 Å². The lowest BCUT2D eigenvalue weighted by Crippen LogP contribution is -2.20. The minimum atomic E-state index is -0.567. The Morgan fingerprint density at radius 1 is 1.22 bits per heavy atom. The molecule has 2 rings (SSSR count). The number of hydrogen-bond donors (Lipinski definition) is 2. The van der Waals surface area contributed by atoms with E-state index >= 15 is 0 Å². The van der Waals surface area contributed by atoms with E-state index in [1.54, 1.807) is 6.07 Å². The summed E-state index contributed by atoms with van der Waals surface area (Å²) < 4.78 is 5.93. The molecule has 0 aliphatic carbocycles. The first kappa shape index (κ1) is 17.2. The molecular formula is C18H25N3O2. The largest absolute Gasteiger partial charge is 0.490 e. The predicted octanol–water partition coefficient (Wildman–Crippen LogP) is 2.71. The fourth-order valence-corrected chi connectivity index (χ4v) is 2.36. The number of aromatic nitrogens is 1. The van der Waals surface area contributed by atoms with Gasteiger partial charge in [-0.05, 0) is 57.8 Å². The van der Waals surface area contributed by atoms with E-state index in [-0.39, 0.29) is 6.10 Å². The highest BCUT2D eigenvalue weighted by Crippen LogP contribution is 2.32. The van der Waals surface area contributed by atoms with Gasteiger partial charge in [-0.3, -0.25) is 0 Å². The van der Waals surface area contributed by atoms with Crippen LogP contribution in [0.1, 0.15) is 25.5 Å². The summed E-state index contributed by atoms with van der Waals surface area (Å²) in [6.45, 7) is 4.50. The first-order chi connectivity index (χ1) is 10.9. The molecule has 124 valence electrons. The summed E-state index contributed by atoms with van der Waals surface area (Å²) in [5, 5.41) is 10.3. The van der Waals surface area contributed by atoms with Crippen molar-refractivity contribution in [1.82, 2.24) is 9.88 Å². The molecular weight excluding hydrogens is 290 g/mol. The maximum atomic E-state index is 10.3. The Kier molecular flexibility index (Phi) is 5.58. The van der Waals surface area contributed by atoms with Crippen LogP contribution >= 0.6 is 0 Å². The predicted molar refractivity (Wildman–Crippen MR) is 93.4 cm³/mol. The summed E-state index contributed by atoms with van der Waals surface area (Å²) in [4.78, 5) is 6.31. The zero-order valence-corrected chi connectivity index (χ0v) is 14.2. The second kappa shape index (κ2) is 7.44. The summed E-state index contributed by atoms with van der Waals surface area (Å²) in [5.41, 5.74) is 8.23. The normalized spacial score (nSPS) is 12.7. The Morgan fingerprint density at radius 3 is 2.57 bits per heavy atom. The van der Waals surface area contributed by atoms with Gasteiger partial charge in [-0.2, -0.15) is 0 Å². The standard InChI is InChI=1S/C18H25N3O2/c1-12(2)23-17-10-13(16(22)11-21(3)4)8-9-14(17)15-6-5-7-18(19)20-15/h5-10,12,16,22H,11H2,1-4H3,(H2,19,20). The molecule has 2 aromatic rings. The third-order valence-electron chi connectivity index (χ3n) is 3.34. The number of ether oxygens (including phenoxy) is 1. The Labute approximate surface area is 137 Å². The van der Waals surface area contributed by atoms with Crippen LogP contribution in [0.25, 0.3) is 11.3 Å². The summed E-state index contributed by atoms with van der Waals surface area (Å²) in [7, 11) is 3.86. The van der Waals surface area contributed by atoms with Gasteiger partial charge in [0.2, 0.25) is 0 Å². The molecule has 5 heteroatoms. The van der Waals surface area contributed by atoms with Gasteiger partial charge in [-0.15, -0.1) is 0 Å². The molecule has 0 saturated carbocycles. The van der Waals surface area contributed by atoms with Crippen molar-refractivity contribution < 1.29 is 9.84 Å². The molecule has 0 saturated heterocycles. The molecule has 3 N–H and O–H groups in total. The van der Waals surface area contributed by atoms with E-state index in [2.05, 4.69) is 4.98 Å². The van der Waals surface area contributed by atoms with Gasteiger partial charge >= 0.3 is 0 Å². The third-order valence-corrected chi connectivity index (χ3v) is 3.34. The molecule has 1 unspecified atom stereocenters. The van der Waals surface area contributed by atoms with Crippen molar-refractivity contribution in [2.75, 3.05) is 26.4 Å². The van der Waals surface area contributed by atoms with E-state index in [1.165, 1.54) is 0 Å². The molecule has 0 aliphatic rings. The van der Waals surface area contributed by atoms with Crippen LogP contribution in [0.2, 0.25) is 0 Å². The summed E-state index contributed by atoms with van der Waals surface area (Å²) in [5.74, 6) is 1.17. The molecule has 0 amide bonds. The smallest absolute Gasteiger partial charge is 0.129 e. The molecule has 0 spiro atoms. The van der Waals surface area contributed by atoms with E-state index in [9.17, 15) is 5.11 Å². The summed E-state index contributed by atoms with van der Waals surface area (Å²) >= 11 is 0. The number of likely N-dealkylation sites (N-methyl/N-ethyl adjacent to an activating group) is 1. The van der Waals surface area contributed by atoms with E-state index in [0.717, 1.165) is 16.8 Å². The average molecular weight is 315 g/mol. The Balaban J connectivity index is 2.42. The van der Waals surface area contributed by atoms with Crippen LogP contribution in [-0.4, -0.2) is 41.7 Å². The lowest BCUT2D eigenvalue weighted by atomic mass is 10.0. The zero-order valence-electron chi connectivity index (χ0n) is 14.2. The first-order valence-electron chi connectivity index (χ1n) is 7.73. The van der Waals surface area contributed by atoms with Crippen molar-refractivity contribution in [1.29, 1.82) is 0 Å². The highest BCUT2D eigenvalue weighted by molar-refractivity contribution is 5.69. The fraction of sp³-hybridized carbons (Fsp3) is 0.389. The molecule has 23 heavy (non-hydrogen) atoms. The zero-order chi connectivity index (χ0) is 17.0. The van der Waals surface area contributed by atoms with Crippen molar-refractivity contribution in [2.45, 2.75) is 26.1 Å². The minimum absolute atomic E-state index is 0.0241. The van der Waals surface area contributed by atoms with Gasteiger partial charge in [0.1, 0.15) is 11.6 Å². The van der Waals surface area contributed by atoms with Crippen LogP contribution in [0.5, 0.6) is 5.75 Å². The summed E-state index contributed by atoms with van der Waals surface area (Å²) in [6.07, 6.45) is -0.543. The number of aliphatic hydroxyl groups excluding tert-OH is 1. The first-order valence-corrected chi connectivity index (χ1v) is 7.73. The van der Waals surface area contributed by atoms with Gasteiger partial charge in [0.25, 0.3) is 0 Å². The number of hydrogen-bond acceptors (Lipinski definition) is 5. The van der Waals surface area contributed by atoms with Crippen molar-refractivity contribution in [3.05, 3.63) is 42.0 Å². The van der Waals surface area contributed by atoms with Crippen LogP contribution < -0.4 is 10.5 Å². The second-order valence-corrected chi connectivity index (χ2v) is 6.15. The molecule has 0 fully saturated rings. The highest BCUT2D eigenvalue weighted by Gasteiger charge is 2.15. The Bertz CT molecular complexity index is 656. The lowest BCUT2D eigenvalue weighted by molar-refractivity contribution is 0.138. The van der Waals surface area contributed by atoms with E-state index in [4.69, 9.17) is 10.5 Å². The second-order valence-electron chi connectivity index (χ2n) is 6.15. The van der Waals surface area contributed by atoms with Crippen molar-refractivity contribution in [3.8, 4) is 17.0 Å². The molecule has 1 heterocycles. The average Bonchev–Trinajstić information content (AvgIpc) is 2.45. The summed E-state index contributed by atoms with van der Waals surface area (Å²) in [6, 6.07) is 11.2. The lowest BCUT2D eigenvalue weighted by Gasteiger charge is -2.19. The van der Waals surface area contributed by atoms with Crippen LogP contribution in [0.3, 0.4) is 0 Å². The van der Waals surface area contributed by atoms with E-state index in [1.807, 2.05) is 63.2 Å². The monoisotopic (exact) mass is 315 g/mol. The molecule has 1 atom stereocenters. The Hall–Kier alpha value is -2.11. The maximum absolute atomic E-state index is 10.3. The minimum Gasteiger partial charge on any atom is -0.490 e. The number of nitrogens with zero attached hydrogens (tertiary/aromatic N) is 2. The van der Waals surface area contributed by atoms with Crippen molar-refractivity contribution in [2.24, 2.45) is 0 Å². The fourth-order valence-electron chi connectivity index (χ4n) is 2.36.